The molecule has 2 N–H and O–H groups in total. The number of H-pyrrole nitrogens is 2. The molecule has 0 spiro atoms. The fourth-order valence-corrected chi connectivity index (χ4v) is 4.90. The van der Waals surface area contributed by atoms with E-state index in [1.54, 1.807) is 0 Å². The largest absolute Gasteiger partial charge is 0.198 e. The van der Waals surface area contributed by atoms with Crippen molar-refractivity contribution in [3.8, 4) is 0 Å². The zero-order chi connectivity index (χ0) is 19.6. The summed E-state index contributed by atoms with van der Waals surface area (Å²) < 4.78 is 0. The van der Waals surface area contributed by atoms with Crippen LogP contribution in [0.15, 0.2) is 6.20 Å². The number of hydrogen-bond acceptors (Lipinski definition) is 7. The number of aromatic nitrogens is 7. The van der Waals surface area contributed by atoms with Gasteiger partial charge in [-0.15, -0.1) is 10.2 Å². The average molecular weight is 412 g/mol. The van der Waals surface area contributed by atoms with Crippen molar-refractivity contribution in [2.75, 3.05) is 23.0 Å². The van der Waals surface area contributed by atoms with Crippen LogP contribution in [0.1, 0.15) is 71.3 Å². The van der Waals surface area contributed by atoms with Crippen molar-refractivity contribution >= 4 is 23.5 Å². The summed E-state index contributed by atoms with van der Waals surface area (Å²) in [6.07, 6.45) is 7.79. The highest BCUT2D eigenvalue weighted by atomic mass is 32.2. The summed E-state index contributed by atoms with van der Waals surface area (Å²) in [6, 6.07) is 0. The van der Waals surface area contributed by atoms with E-state index in [9.17, 15) is 0 Å². The van der Waals surface area contributed by atoms with Crippen molar-refractivity contribution in [3.05, 3.63) is 17.7 Å². The van der Waals surface area contributed by atoms with E-state index in [2.05, 4.69) is 87.3 Å². The number of hydrogen-bond donors (Lipinski definition) is 2. The van der Waals surface area contributed by atoms with E-state index in [1.807, 2.05) is 6.20 Å². The molecule has 2 aromatic rings. The monoisotopic (exact) mass is 411 g/mol. The normalized spacial score (nSPS) is 12.6. The summed E-state index contributed by atoms with van der Waals surface area (Å²) in [5, 5.41) is 25.3. The van der Waals surface area contributed by atoms with Gasteiger partial charge in [0.25, 0.3) is 0 Å². The Morgan fingerprint density at radius 2 is 1.44 bits per heavy atom. The molecule has 27 heavy (non-hydrogen) atoms. The zero-order valence-electron chi connectivity index (χ0n) is 17.0. The molecule has 0 saturated heterocycles. The molecule has 0 aromatic carbocycles. The number of nitrogens with zero attached hydrogens (tertiary/aromatic N) is 5. The van der Waals surface area contributed by atoms with Crippen LogP contribution in [-0.2, 0) is 10.8 Å². The Morgan fingerprint density at radius 1 is 0.815 bits per heavy atom. The summed E-state index contributed by atoms with van der Waals surface area (Å²) in [4.78, 5) is 0. The molecular weight excluding hydrogens is 378 g/mol. The van der Waals surface area contributed by atoms with E-state index in [4.69, 9.17) is 0 Å². The molecule has 152 valence electrons. The van der Waals surface area contributed by atoms with Gasteiger partial charge in [0.1, 0.15) is 0 Å². The Hall–Kier alpha value is -1.09. The Labute approximate surface area is 171 Å². The Bertz CT molecular complexity index is 557. The highest BCUT2D eigenvalue weighted by Gasteiger charge is 2.24. The first-order valence-corrected chi connectivity index (χ1v) is 12.0. The van der Waals surface area contributed by atoms with Gasteiger partial charge in [0.15, 0.2) is 5.82 Å². The smallest absolute Gasteiger partial charge is 0.180 e. The van der Waals surface area contributed by atoms with Crippen molar-refractivity contribution in [1.82, 2.24) is 36.0 Å². The highest BCUT2D eigenvalue weighted by Crippen LogP contribution is 2.27. The molecule has 0 saturated carbocycles. The molecule has 0 amide bonds. The molecule has 0 bridgehead atoms. The summed E-state index contributed by atoms with van der Waals surface area (Å²) in [5.74, 6) is 5.75. The molecule has 0 atom stereocenters. The lowest BCUT2D eigenvalue weighted by molar-refractivity contribution is 0.446. The minimum Gasteiger partial charge on any atom is -0.198 e. The van der Waals surface area contributed by atoms with E-state index in [0.717, 1.165) is 24.4 Å². The van der Waals surface area contributed by atoms with Crippen molar-refractivity contribution < 1.29 is 0 Å². The third kappa shape index (κ3) is 7.81. The quantitative estimate of drug-likeness (QED) is 0.454. The second-order valence-corrected chi connectivity index (χ2v) is 10.6. The van der Waals surface area contributed by atoms with Crippen molar-refractivity contribution in [3.63, 3.8) is 0 Å². The van der Waals surface area contributed by atoms with Crippen LogP contribution in [0.4, 0.5) is 0 Å². The van der Waals surface area contributed by atoms with Gasteiger partial charge in [0, 0.05) is 10.8 Å². The van der Waals surface area contributed by atoms with E-state index >= 15 is 0 Å². The summed E-state index contributed by atoms with van der Waals surface area (Å²) in [7, 11) is 0. The van der Waals surface area contributed by atoms with E-state index in [-0.39, 0.29) is 10.8 Å². The number of thioether (sulfide) groups is 2. The number of aromatic amines is 2. The lowest BCUT2D eigenvalue weighted by Crippen LogP contribution is -2.19. The van der Waals surface area contributed by atoms with Gasteiger partial charge < -0.3 is 0 Å². The van der Waals surface area contributed by atoms with Gasteiger partial charge in [-0.25, -0.2) is 0 Å². The molecule has 0 aliphatic heterocycles. The fourth-order valence-electron chi connectivity index (χ4n) is 2.92. The maximum Gasteiger partial charge on any atom is 0.180 e. The molecule has 9 heteroatoms. The van der Waals surface area contributed by atoms with Crippen LogP contribution in [0.25, 0.3) is 0 Å². The molecule has 2 heterocycles. The fraction of sp³-hybridized carbons (Fsp3) is 0.833. The van der Waals surface area contributed by atoms with Crippen LogP contribution >= 0.6 is 23.5 Å². The van der Waals surface area contributed by atoms with E-state index < -0.39 is 0 Å². The first-order valence-electron chi connectivity index (χ1n) is 9.67. The first-order chi connectivity index (χ1) is 12.9. The van der Waals surface area contributed by atoms with Gasteiger partial charge in [0.2, 0.25) is 0 Å². The molecule has 7 nitrogen and oxygen atoms in total. The van der Waals surface area contributed by atoms with Crippen LogP contribution < -0.4 is 0 Å². The second-order valence-electron chi connectivity index (χ2n) is 8.14. The van der Waals surface area contributed by atoms with Crippen molar-refractivity contribution in [1.29, 1.82) is 0 Å². The third-order valence-electron chi connectivity index (χ3n) is 4.82. The predicted molar refractivity (Wildman–Crippen MR) is 114 cm³/mol. The van der Waals surface area contributed by atoms with Gasteiger partial charge in [0.05, 0.1) is 11.9 Å². The zero-order valence-corrected chi connectivity index (χ0v) is 18.6. The van der Waals surface area contributed by atoms with Crippen molar-refractivity contribution in [2.24, 2.45) is 0 Å². The van der Waals surface area contributed by atoms with Gasteiger partial charge >= 0.3 is 0 Å². The molecule has 0 aliphatic rings. The molecule has 2 rings (SSSR count). The maximum absolute atomic E-state index is 4.22. The number of rotatable bonds is 14. The van der Waals surface area contributed by atoms with Gasteiger partial charge in [-0.05, 0) is 55.1 Å². The van der Waals surface area contributed by atoms with Crippen LogP contribution in [0.2, 0.25) is 0 Å². The molecule has 0 fully saturated rings. The third-order valence-corrected chi connectivity index (χ3v) is 7.13. The number of tetrazole rings is 1. The Morgan fingerprint density at radius 3 is 2.00 bits per heavy atom. The molecule has 0 aliphatic carbocycles. The number of nitrogens with one attached hydrogen (secondary N) is 2. The Balaban J connectivity index is 1.42. The molecular formula is C18H33N7S2. The SMILES string of the molecule is CC(C)(CCCSCCCSCCCC(C)(C)c1nn[nH]n1)c1cn[nH]n1. The summed E-state index contributed by atoms with van der Waals surface area (Å²) >= 11 is 4.13. The molecule has 0 unspecified atom stereocenters. The first kappa shape index (κ1) is 22.2. The predicted octanol–water partition coefficient (Wildman–Crippen LogP) is 3.99. The lowest BCUT2D eigenvalue weighted by atomic mass is 9.85. The minimum atomic E-state index is 0.00314. The molecule has 0 radical (unpaired) electrons. The van der Waals surface area contributed by atoms with Crippen molar-refractivity contribution in [2.45, 2.75) is 70.6 Å². The minimum absolute atomic E-state index is 0.00314. The van der Waals surface area contributed by atoms with E-state index in [1.165, 1.54) is 42.3 Å². The second kappa shape index (κ2) is 11.0. The Kier molecular flexibility index (Phi) is 9.08. The van der Waals surface area contributed by atoms with Crippen LogP contribution in [-0.4, -0.2) is 59.0 Å². The summed E-state index contributed by atoms with van der Waals surface area (Å²) in [6.45, 7) is 8.85. The highest BCUT2D eigenvalue weighted by molar-refractivity contribution is 8.00. The van der Waals surface area contributed by atoms with Gasteiger partial charge in [-0.1, -0.05) is 32.9 Å². The topological polar surface area (TPSA) is 96.0 Å². The average Bonchev–Trinajstić information content (AvgIpc) is 3.33. The maximum atomic E-state index is 4.22. The van der Waals surface area contributed by atoms with Crippen LogP contribution in [0.5, 0.6) is 0 Å². The standard InChI is InChI=1S/C18H33N7S2/c1-17(2,15-14-19-23-20-15)8-5-10-26-12-7-13-27-11-6-9-18(3,4)16-21-24-25-22-16/h14H,5-13H2,1-4H3,(H,19,20,23)(H,21,22,24,25). The van der Waals surface area contributed by atoms with E-state index in [0.29, 0.717) is 0 Å². The van der Waals surface area contributed by atoms with Gasteiger partial charge in [-0.3, -0.25) is 0 Å². The molecule has 2 aromatic heterocycles. The van der Waals surface area contributed by atoms with Crippen LogP contribution in [0, 0.1) is 0 Å². The lowest BCUT2D eigenvalue weighted by Gasteiger charge is -2.21. The van der Waals surface area contributed by atoms with Crippen LogP contribution in [0.3, 0.4) is 0 Å². The summed E-state index contributed by atoms with van der Waals surface area (Å²) in [5.41, 5.74) is 1.17. The van der Waals surface area contributed by atoms with Gasteiger partial charge in [-0.2, -0.15) is 44.1 Å².